The normalized spacial score (nSPS) is 33.7. The number of alkyl carbamates (subject to hydrolysis) is 1. The van der Waals surface area contributed by atoms with Crippen LogP contribution in [0.2, 0.25) is 0 Å². The quantitative estimate of drug-likeness (QED) is 0.808. The highest BCUT2D eigenvalue weighted by Gasteiger charge is 2.37. The second-order valence-corrected chi connectivity index (χ2v) is 4.33. The van der Waals surface area contributed by atoms with E-state index in [4.69, 9.17) is 9.15 Å². The summed E-state index contributed by atoms with van der Waals surface area (Å²) in [7, 11) is 0. The number of furan rings is 1. The Kier molecular flexibility index (Phi) is 1.78. The molecule has 15 heavy (non-hydrogen) atoms. The lowest BCUT2D eigenvalue weighted by Gasteiger charge is -2.02. The van der Waals surface area contributed by atoms with E-state index >= 15 is 0 Å². The lowest BCUT2D eigenvalue weighted by Crippen LogP contribution is -2.12. The first kappa shape index (κ1) is 8.83. The summed E-state index contributed by atoms with van der Waals surface area (Å²) in [4.78, 5) is 10.9. The Morgan fingerprint density at radius 1 is 1.40 bits per heavy atom. The first-order valence-electron chi connectivity index (χ1n) is 5.28. The molecule has 1 aliphatic carbocycles. The molecule has 4 nitrogen and oxygen atoms in total. The van der Waals surface area contributed by atoms with Gasteiger partial charge in [-0.1, -0.05) is 6.92 Å². The van der Waals surface area contributed by atoms with Crippen molar-refractivity contribution < 1.29 is 13.9 Å². The van der Waals surface area contributed by atoms with Crippen molar-refractivity contribution in [1.29, 1.82) is 0 Å². The highest BCUT2D eigenvalue weighted by Crippen LogP contribution is 2.47. The molecule has 1 saturated carbocycles. The molecule has 1 aromatic rings. The summed E-state index contributed by atoms with van der Waals surface area (Å²) in [5.74, 6) is 3.08. The van der Waals surface area contributed by atoms with E-state index < -0.39 is 0 Å². The maximum atomic E-state index is 10.9. The molecule has 4 heteroatoms. The van der Waals surface area contributed by atoms with Crippen LogP contribution in [-0.4, -0.2) is 12.6 Å². The van der Waals surface area contributed by atoms with Gasteiger partial charge in [-0.2, -0.15) is 0 Å². The predicted octanol–water partition coefficient (Wildman–Crippen LogP) is 2.18. The largest absolute Gasteiger partial charge is 0.462 e. The van der Waals surface area contributed by atoms with Crippen molar-refractivity contribution >= 4 is 6.09 Å². The van der Waals surface area contributed by atoms with Gasteiger partial charge in [0.05, 0.1) is 6.54 Å². The fourth-order valence-electron chi connectivity index (χ4n) is 2.01. The number of nitrogens with one attached hydrogen (secondary N) is 1. The van der Waals surface area contributed by atoms with Crippen LogP contribution in [0, 0.1) is 5.92 Å². The van der Waals surface area contributed by atoms with Crippen molar-refractivity contribution in [3.63, 3.8) is 0 Å². The van der Waals surface area contributed by atoms with Crippen molar-refractivity contribution in [3.05, 3.63) is 23.7 Å². The molecule has 1 aliphatic heterocycles. The average molecular weight is 207 g/mol. The van der Waals surface area contributed by atoms with E-state index in [0.717, 1.165) is 17.4 Å². The topological polar surface area (TPSA) is 51.5 Å². The summed E-state index contributed by atoms with van der Waals surface area (Å²) in [6.07, 6.45) is 0.591. The monoisotopic (exact) mass is 207 g/mol. The minimum absolute atomic E-state index is 0.250. The van der Waals surface area contributed by atoms with E-state index in [0.29, 0.717) is 12.5 Å². The van der Waals surface area contributed by atoms with Gasteiger partial charge in [0.1, 0.15) is 11.5 Å². The molecule has 3 atom stereocenters. The number of cyclic esters (lactones) is 1. The second-order valence-electron chi connectivity index (χ2n) is 4.33. The number of hydrogen-bond donors (Lipinski definition) is 1. The van der Waals surface area contributed by atoms with E-state index in [1.807, 2.05) is 12.1 Å². The maximum absolute atomic E-state index is 10.9. The van der Waals surface area contributed by atoms with Gasteiger partial charge >= 0.3 is 6.09 Å². The zero-order valence-corrected chi connectivity index (χ0v) is 8.53. The van der Waals surface area contributed by atoms with Crippen LogP contribution in [0.5, 0.6) is 0 Å². The van der Waals surface area contributed by atoms with Gasteiger partial charge in [-0.3, -0.25) is 0 Å². The third-order valence-corrected chi connectivity index (χ3v) is 3.12. The van der Waals surface area contributed by atoms with Crippen molar-refractivity contribution in [2.24, 2.45) is 5.92 Å². The summed E-state index contributed by atoms with van der Waals surface area (Å²) in [5, 5.41) is 2.61. The Balaban J connectivity index is 1.76. The van der Waals surface area contributed by atoms with Gasteiger partial charge in [0.2, 0.25) is 0 Å². The molecule has 2 fully saturated rings. The maximum Gasteiger partial charge on any atom is 0.408 e. The predicted molar refractivity (Wildman–Crippen MR) is 52.5 cm³/mol. The van der Waals surface area contributed by atoms with Crippen LogP contribution < -0.4 is 5.32 Å². The molecular weight excluding hydrogens is 194 g/mol. The molecule has 1 aromatic heterocycles. The summed E-state index contributed by atoms with van der Waals surface area (Å²) in [5.41, 5.74) is 0. The third kappa shape index (κ3) is 1.50. The number of carbonyl (C=O) groups is 1. The molecule has 1 amide bonds. The van der Waals surface area contributed by atoms with Gasteiger partial charge in [0.15, 0.2) is 6.10 Å². The van der Waals surface area contributed by atoms with Gasteiger partial charge in [-0.15, -0.1) is 0 Å². The Hall–Kier alpha value is -1.45. The molecule has 80 valence electrons. The Morgan fingerprint density at radius 2 is 2.13 bits per heavy atom. The molecule has 1 saturated heterocycles. The molecule has 1 N–H and O–H groups in total. The van der Waals surface area contributed by atoms with E-state index in [2.05, 4.69) is 12.2 Å². The molecule has 0 bridgehead atoms. The molecule has 0 radical (unpaired) electrons. The van der Waals surface area contributed by atoms with Crippen LogP contribution in [-0.2, 0) is 4.74 Å². The molecule has 2 heterocycles. The van der Waals surface area contributed by atoms with Crippen LogP contribution in [0.25, 0.3) is 0 Å². The minimum atomic E-state index is -0.363. The fourth-order valence-corrected chi connectivity index (χ4v) is 2.01. The van der Waals surface area contributed by atoms with E-state index in [1.165, 1.54) is 6.42 Å². The minimum Gasteiger partial charge on any atom is -0.462 e. The first-order chi connectivity index (χ1) is 7.24. The second kappa shape index (κ2) is 3.02. The van der Waals surface area contributed by atoms with Crippen LogP contribution in [0.3, 0.4) is 0 Å². The van der Waals surface area contributed by atoms with Gasteiger partial charge in [-0.25, -0.2) is 4.79 Å². The average Bonchev–Trinajstić information content (AvgIpc) is 2.71. The van der Waals surface area contributed by atoms with Crippen LogP contribution >= 0.6 is 0 Å². The van der Waals surface area contributed by atoms with Crippen molar-refractivity contribution in [2.75, 3.05) is 6.54 Å². The number of ether oxygens (including phenoxy) is 1. The van der Waals surface area contributed by atoms with E-state index in [1.54, 1.807) is 0 Å². The zero-order chi connectivity index (χ0) is 10.4. The number of hydrogen-bond acceptors (Lipinski definition) is 3. The standard InChI is InChI=1S/C11H13NO3/c1-6-4-7(6)8-2-3-9(14-8)10-5-12-11(13)15-10/h2-3,6-7,10H,4-5H2,1H3,(H,12,13). The first-order valence-corrected chi connectivity index (χ1v) is 5.28. The summed E-state index contributed by atoms with van der Waals surface area (Å²) < 4.78 is 10.7. The van der Waals surface area contributed by atoms with Crippen molar-refractivity contribution in [1.82, 2.24) is 5.32 Å². The smallest absolute Gasteiger partial charge is 0.408 e. The Labute approximate surface area is 87.6 Å². The number of carbonyl (C=O) groups excluding carboxylic acids is 1. The van der Waals surface area contributed by atoms with Crippen molar-refractivity contribution in [2.45, 2.75) is 25.4 Å². The van der Waals surface area contributed by atoms with Gasteiger partial charge < -0.3 is 14.5 Å². The van der Waals surface area contributed by atoms with E-state index in [9.17, 15) is 4.79 Å². The molecule has 2 aliphatic rings. The van der Waals surface area contributed by atoms with E-state index in [-0.39, 0.29) is 12.2 Å². The number of amides is 1. The van der Waals surface area contributed by atoms with Gasteiger partial charge in [-0.05, 0) is 24.5 Å². The van der Waals surface area contributed by atoms with Crippen LogP contribution in [0.15, 0.2) is 16.5 Å². The zero-order valence-electron chi connectivity index (χ0n) is 8.53. The number of rotatable bonds is 2. The molecule has 3 unspecified atom stereocenters. The van der Waals surface area contributed by atoms with Crippen molar-refractivity contribution in [3.8, 4) is 0 Å². The van der Waals surface area contributed by atoms with Crippen LogP contribution in [0.1, 0.15) is 36.9 Å². The third-order valence-electron chi connectivity index (χ3n) is 3.12. The summed E-state index contributed by atoms with van der Waals surface area (Å²) >= 11 is 0. The molecule has 0 spiro atoms. The van der Waals surface area contributed by atoms with Gasteiger partial charge in [0, 0.05) is 5.92 Å². The summed E-state index contributed by atoms with van der Waals surface area (Å²) in [6.45, 7) is 2.72. The highest BCUT2D eigenvalue weighted by molar-refractivity contribution is 5.69. The lowest BCUT2D eigenvalue weighted by molar-refractivity contribution is 0.127. The SMILES string of the molecule is CC1CC1c1ccc(C2CNC(=O)O2)o1. The molecule has 0 aromatic carbocycles. The van der Waals surface area contributed by atoms with Gasteiger partial charge in [0.25, 0.3) is 0 Å². The lowest BCUT2D eigenvalue weighted by atomic mass is 10.2. The molecular formula is C11H13NO3. The Morgan fingerprint density at radius 3 is 2.73 bits per heavy atom. The van der Waals surface area contributed by atoms with Crippen LogP contribution in [0.4, 0.5) is 4.79 Å². The Bertz CT molecular complexity index is 398. The fraction of sp³-hybridized carbons (Fsp3) is 0.545. The highest BCUT2D eigenvalue weighted by atomic mass is 16.6. The summed E-state index contributed by atoms with van der Waals surface area (Å²) in [6, 6.07) is 3.90. The molecule has 3 rings (SSSR count).